The van der Waals surface area contributed by atoms with E-state index in [9.17, 15) is 18.8 Å². The van der Waals surface area contributed by atoms with Crippen LogP contribution in [0, 0.1) is 12.7 Å². The molecule has 0 radical (unpaired) electrons. The summed E-state index contributed by atoms with van der Waals surface area (Å²) in [6, 6.07) is 11.5. The van der Waals surface area contributed by atoms with E-state index in [-0.39, 0.29) is 34.9 Å². The minimum Gasteiger partial charge on any atom is -0.395 e. The maximum atomic E-state index is 14.3. The van der Waals surface area contributed by atoms with Crippen LogP contribution in [0.3, 0.4) is 0 Å². The average molecular weight is 594 g/mol. The molecule has 3 amide bonds. The zero-order valence-electron chi connectivity index (χ0n) is 23.6. The molecule has 1 aliphatic heterocycles. The van der Waals surface area contributed by atoms with Crippen molar-refractivity contribution in [2.24, 2.45) is 0 Å². The van der Waals surface area contributed by atoms with Crippen LogP contribution in [-0.4, -0.2) is 47.4 Å². The molecule has 222 valence electrons. The van der Waals surface area contributed by atoms with Gasteiger partial charge in [-0.2, -0.15) is 4.37 Å². The van der Waals surface area contributed by atoms with Gasteiger partial charge in [0.05, 0.1) is 11.8 Å². The summed E-state index contributed by atoms with van der Waals surface area (Å²) in [4.78, 5) is 42.6. The quantitative estimate of drug-likeness (QED) is 0.323. The molecule has 2 aliphatic rings. The summed E-state index contributed by atoms with van der Waals surface area (Å²) in [7, 11) is 0. The Bertz CT molecular complexity index is 1400. The summed E-state index contributed by atoms with van der Waals surface area (Å²) >= 11 is 0.823. The molecule has 2 heterocycles. The first-order chi connectivity index (χ1) is 20.3. The first-order valence-corrected chi connectivity index (χ1v) is 15.2. The van der Waals surface area contributed by atoms with Crippen LogP contribution in [0.1, 0.15) is 82.3 Å². The van der Waals surface area contributed by atoms with Gasteiger partial charge in [0.1, 0.15) is 16.7 Å². The van der Waals surface area contributed by atoms with E-state index in [4.69, 9.17) is 10.5 Å². The molecule has 0 spiro atoms. The van der Waals surface area contributed by atoms with Gasteiger partial charge in [0.2, 0.25) is 5.91 Å². The fraction of sp³-hybridized carbons (Fsp3) is 0.419. The number of aryl methyl sites for hydroxylation is 1. The van der Waals surface area contributed by atoms with Crippen LogP contribution in [-0.2, 0) is 9.53 Å². The Morgan fingerprint density at radius 2 is 1.76 bits per heavy atom. The Kier molecular flexibility index (Phi) is 9.48. The Hall–Kier alpha value is -3.83. The zero-order valence-corrected chi connectivity index (χ0v) is 24.4. The highest BCUT2D eigenvalue weighted by atomic mass is 32.1. The van der Waals surface area contributed by atoms with Crippen LogP contribution < -0.4 is 21.3 Å². The third-order valence-electron chi connectivity index (χ3n) is 7.83. The molecule has 2 fully saturated rings. The second-order valence-corrected chi connectivity index (χ2v) is 11.7. The van der Waals surface area contributed by atoms with E-state index < -0.39 is 29.6 Å². The van der Waals surface area contributed by atoms with Gasteiger partial charge in [-0.1, -0.05) is 49.1 Å². The van der Waals surface area contributed by atoms with Gasteiger partial charge in [-0.15, -0.1) is 0 Å². The van der Waals surface area contributed by atoms with E-state index >= 15 is 0 Å². The predicted molar refractivity (Wildman–Crippen MR) is 160 cm³/mol. The Labute approximate surface area is 248 Å². The summed E-state index contributed by atoms with van der Waals surface area (Å²) in [6.07, 6.45) is 6.65. The number of ether oxygens (including phenoxy) is 1. The molecule has 42 heavy (non-hydrogen) atoms. The number of nitrogens with zero attached hydrogens (tertiary/aromatic N) is 2. The van der Waals surface area contributed by atoms with E-state index in [1.165, 1.54) is 29.2 Å². The molecule has 4 N–H and O–H groups in total. The number of amides is 3. The van der Waals surface area contributed by atoms with E-state index in [2.05, 4.69) is 15.0 Å². The topological polar surface area (TPSA) is 127 Å². The molecule has 1 aliphatic carbocycles. The van der Waals surface area contributed by atoms with Crippen LogP contribution in [0.2, 0.25) is 0 Å². The number of nitrogen functional groups attached to an aromatic ring is 1. The van der Waals surface area contributed by atoms with Crippen molar-refractivity contribution in [3.05, 3.63) is 76.0 Å². The largest absolute Gasteiger partial charge is 0.395 e. The molecular weight excluding hydrogens is 557 g/mol. The number of halogens is 1. The Balaban J connectivity index is 1.50. The molecule has 11 heteroatoms. The summed E-state index contributed by atoms with van der Waals surface area (Å²) in [5.74, 6) is -1.93. The van der Waals surface area contributed by atoms with Crippen LogP contribution in [0.25, 0.3) is 0 Å². The number of hydrogen-bond donors (Lipinski definition) is 3. The molecule has 1 aromatic heterocycles. The molecule has 3 aromatic rings. The Morgan fingerprint density at radius 3 is 2.43 bits per heavy atom. The SMILES string of the molecule is Cc1ccc(N(C(=O)c2snc(C(=O)NC3CCCCC3)c2N)[C@H](C(=O)NC[C@@H]2CCCO2)c2ccc(F)cc2)cc1. The van der Waals surface area contributed by atoms with Crippen LogP contribution >= 0.6 is 11.5 Å². The van der Waals surface area contributed by atoms with E-state index in [1.807, 2.05) is 19.1 Å². The number of nitrogens with one attached hydrogen (secondary N) is 2. The third-order valence-corrected chi connectivity index (χ3v) is 8.68. The van der Waals surface area contributed by atoms with Crippen LogP contribution in [0.4, 0.5) is 15.8 Å². The predicted octanol–water partition coefficient (Wildman–Crippen LogP) is 4.92. The van der Waals surface area contributed by atoms with Crippen molar-refractivity contribution in [2.45, 2.75) is 70.1 Å². The van der Waals surface area contributed by atoms with Crippen molar-refractivity contribution in [3.63, 3.8) is 0 Å². The summed E-state index contributed by atoms with van der Waals surface area (Å²) in [5.41, 5.74) is 8.18. The van der Waals surface area contributed by atoms with Crippen molar-refractivity contribution in [1.82, 2.24) is 15.0 Å². The van der Waals surface area contributed by atoms with Gasteiger partial charge < -0.3 is 21.1 Å². The molecule has 1 saturated heterocycles. The highest BCUT2D eigenvalue weighted by molar-refractivity contribution is 7.09. The van der Waals surface area contributed by atoms with Crippen molar-refractivity contribution >= 4 is 40.6 Å². The smallest absolute Gasteiger partial charge is 0.273 e. The zero-order chi connectivity index (χ0) is 29.6. The lowest BCUT2D eigenvalue weighted by Gasteiger charge is -2.31. The number of aromatic nitrogens is 1. The van der Waals surface area contributed by atoms with Gasteiger partial charge in [-0.25, -0.2) is 4.39 Å². The Morgan fingerprint density at radius 1 is 1.05 bits per heavy atom. The van der Waals surface area contributed by atoms with E-state index in [1.54, 1.807) is 12.1 Å². The number of anilines is 2. The number of nitrogens with two attached hydrogens (primary N) is 1. The lowest BCUT2D eigenvalue weighted by molar-refractivity contribution is -0.123. The minimum atomic E-state index is -1.16. The van der Waals surface area contributed by atoms with E-state index in [0.29, 0.717) is 17.9 Å². The molecule has 5 rings (SSSR count). The fourth-order valence-electron chi connectivity index (χ4n) is 5.49. The number of rotatable bonds is 9. The minimum absolute atomic E-state index is 0.000976. The lowest BCUT2D eigenvalue weighted by atomic mass is 9.95. The first kappa shape index (κ1) is 29.7. The van der Waals surface area contributed by atoms with Gasteiger partial charge in [0.25, 0.3) is 11.8 Å². The van der Waals surface area contributed by atoms with Gasteiger partial charge >= 0.3 is 0 Å². The van der Waals surface area contributed by atoms with Gasteiger partial charge in [0.15, 0.2) is 5.69 Å². The standard InChI is InChI=1S/C31H36FN5O4S/c1-19-9-15-23(16-10-19)37(27(20-11-13-21(32)14-12-20)30(39)34-18-24-8-5-17-41-24)31(40)28-25(33)26(36-42-28)29(38)35-22-6-3-2-4-7-22/h9-16,22,24,27H,2-8,17-18,33H2,1H3,(H,34,39)(H,35,38)/t24-,27-/m0/s1. The molecule has 9 nitrogen and oxygen atoms in total. The first-order valence-electron chi connectivity index (χ1n) is 14.4. The van der Waals surface area contributed by atoms with Gasteiger partial charge in [-0.05, 0) is 74.0 Å². The summed E-state index contributed by atoms with van der Waals surface area (Å²) < 4.78 is 23.9. The van der Waals surface area contributed by atoms with Crippen LogP contribution in [0.5, 0.6) is 0 Å². The van der Waals surface area contributed by atoms with Gasteiger partial charge in [-0.3, -0.25) is 19.3 Å². The molecule has 2 aromatic carbocycles. The highest BCUT2D eigenvalue weighted by Gasteiger charge is 2.36. The van der Waals surface area contributed by atoms with Crippen LogP contribution in [0.15, 0.2) is 48.5 Å². The molecule has 0 bridgehead atoms. The average Bonchev–Trinajstić information content (AvgIpc) is 3.66. The maximum Gasteiger partial charge on any atom is 0.273 e. The molecule has 2 atom stereocenters. The van der Waals surface area contributed by atoms with Crippen molar-refractivity contribution in [1.29, 1.82) is 0 Å². The number of carbonyl (C=O) groups excluding carboxylic acids is 3. The highest BCUT2D eigenvalue weighted by Crippen LogP contribution is 2.34. The molecule has 1 saturated carbocycles. The van der Waals surface area contributed by atoms with Crippen molar-refractivity contribution < 1.29 is 23.5 Å². The normalized spacial score (nSPS) is 17.9. The third kappa shape index (κ3) is 6.79. The number of carbonyl (C=O) groups is 3. The van der Waals surface area contributed by atoms with Crippen molar-refractivity contribution in [3.8, 4) is 0 Å². The van der Waals surface area contributed by atoms with Gasteiger partial charge in [0, 0.05) is 24.9 Å². The monoisotopic (exact) mass is 593 g/mol. The lowest BCUT2D eigenvalue weighted by Crippen LogP contribution is -2.45. The number of hydrogen-bond acceptors (Lipinski definition) is 7. The summed E-state index contributed by atoms with van der Waals surface area (Å²) in [5, 5.41) is 5.93. The van der Waals surface area contributed by atoms with E-state index in [0.717, 1.165) is 62.0 Å². The molecule has 0 unspecified atom stereocenters. The van der Waals surface area contributed by atoms with Crippen molar-refractivity contribution in [2.75, 3.05) is 23.8 Å². The second-order valence-electron chi connectivity index (χ2n) is 10.9. The second kappa shape index (κ2) is 13.4. The number of benzene rings is 2. The maximum absolute atomic E-state index is 14.3. The fourth-order valence-corrected chi connectivity index (χ4v) is 6.23. The molecular formula is C31H36FN5O4S. The summed E-state index contributed by atoms with van der Waals surface area (Å²) in [6.45, 7) is 2.83.